The molecule has 32 heavy (non-hydrogen) atoms. The lowest BCUT2D eigenvalue weighted by atomic mass is 10.2. The second-order valence-electron chi connectivity index (χ2n) is 7.02. The van der Waals surface area contributed by atoms with Crippen LogP contribution in [0.3, 0.4) is 0 Å². The van der Waals surface area contributed by atoms with Crippen molar-refractivity contribution in [2.75, 3.05) is 0 Å². The van der Waals surface area contributed by atoms with Gasteiger partial charge in [0.15, 0.2) is 0 Å². The molecule has 10 heteroatoms. The Bertz CT molecular complexity index is 1410. The number of non-ortho nitro benzene ring substituents is 1. The Hall–Kier alpha value is -3.20. The molecule has 0 atom stereocenters. The van der Waals surface area contributed by atoms with Crippen LogP contribution in [0.4, 0.5) is 5.69 Å². The van der Waals surface area contributed by atoms with Crippen LogP contribution in [-0.2, 0) is 0 Å². The molecule has 1 amide bonds. The Morgan fingerprint density at radius 1 is 1.19 bits per heavy atom. The van der Waals surface area contributed by atoms with Crippen molar-refractivity contribution in [3.63, 3.8) is 0 Å². The van der Waals surface area contributed by atoms with Gasteiger partial charge in [0.05, 0.1) is 31.7 Å². The molecule has 0 radical (unpaired) electrons. The maximum absolute atomic E-state index is 12.5. The molecule has 2 heterocycles. The van der Waals surface area contributed by atoms with E-state index in [4.69, 9.17) is 23.2 Å². The molecule has 0 aliphatic heterocycles. The average molecular weight is 487 g/mol. The number of amides is 1. The number of benzene rings is 2. The number of rotatable bonds is 5. The molecular formula is C22H16Cl2N4O3S. The van der Waals surface area contributed by atoms with Gasteiger partial charge in [-0.2, -0.15) is 5.10 Å². The van der Waals surface area contributed by atoms with Gasteiger partial charge in [0.2, 0.25) is 0 Å². The van der Waals surface area contributed by atoms with Crippen LogP contribution in [0.5, 0.6) is 0 Å². The summed E-state index contributed by atoms with van der Waals surface area (Å²) in [5, 5.41) is 16.6. The van der Waals surface area contributed by atoms with Crippen molar-refractivity contribution >= 4 is 62.4 Å². The number of hydrazone groups is 1. The van der Waals surface area contributed by atoms with E-state index in [1.165, 1.54) is 23.5 Å². The van der Waals surface area contributed by atoms with E-state index in [9.17, 15) is 14.9 Å². The van der Waals surface area contributed by atoms with E-state index >= 15 is 0 Å². The van der Waals surface area contributed by atoms with Gasteiger partial charge in [0, 0.05) is 39.2 Å². The second kappa shape index (κ2) is 8.74. The first-order valence-electron chi connectivity index (χ1n) is 9.41. The second-order valence-corrected chi connectivity index (χ2v) is 8.89. The monoisotopic (exact) mass is 486 g/mol. The largest absolute Gasteiger partial charge is 0.316 e. The van der Waals surface area contributed by atoms with E-state index in [2.05, 4.69) is 10.5 Å². The highest BCUT2D eigenvalue weighted by Gasteiger charge is 2.15. The number of aryl methyl sites for hydroxylation is 1. The molecule has 0 spiro atoms. The molecule has 0 aliphatic rings. The highest BCUT2D eigenvalue weighted by atomic mass is 35.5. The van der Waals surface area contributed by atoms with Crippen molar-refractivity contribution in [2.45, 2.75) is 13.8 Å². The summed E-state index contributed by atoms with van der Waals surface area (Å²) in [7, 11) is 0. The summed E-state index contributed by atoms with van der Waals surface area (Å²) in [6, 6.07) is 13.5. The van der Waals surface area contributed by atoms with Crippen LogP contribution in [0.15, 0.2) is 53.6 Å². The van der Waals surface area contributed by atoms with Gasteiger partial charge in [0.1, 0.15) is 0 Å². The molecule has 2 aromatic carbocycles. The van der Waals surface area contributed by atoms with Crippen LogP contribution in [0.2, 0.25) is 10.0 Å². The summed E-state index contributed by atoms with van der Waals surface area (Å²) < 4.78 is 2.75. The molecule has 4 aromatic rings. The fourth-order valence-corrected chi connectivity index (χ4v) is 4.74. The van der Waals surface area contributed by atoms with Crippen molar-refractivity contribution in [3.8, 4) is 5.69 Å². The summed E-state index contributed by atoms with van der Waals surface area (Å²) in [6.07, 6.45) is 1.56. The van der Waals surface area contributed by atoms with Gasteiger partial charge < -0.3 is 4.57 Å². The quantitative estimate of drug-likeness (QED) is 0.204. The zero-order valence-electron chi connectivity index (χ0n) is 16.9. The van der Waals surface area contributed by atoms with Gasteiger partial charge in [-0.15, -0.1) is 11.3 Å². The van der Waals surface area contributed by atoms with Gasteiger partial charge >= 0.3 is 0 Å². The van der Waals surface area contributed by atoms with E-state index in [1.54, 1.807) is 24.4 Å². The Balaban J connectivity index is 1.54. The molecular weight excluding hydrogens is 471 g/mol. The molecule has 0 unspecified atom stereocenters. The Kier molecular flexibility index (Phi) is 6.01. The molecule has 0 aliphatic carbocycles. The number of thiophene rings is 1. The smallest absolute Gasteiger partial charge is 0.281 e. The third kappa shape index (κ3) is 4.12. The molecule has 1 N–H and O–H groups in total. The van der Waals surface area contributed by atoms with Crippen molar-refractivity contribution in [3.05, 3.63) is 90.5 Å². The predicted molar refractivity (Wildman–Crippen MR) is 129 cm³/mol. The molecule has 0 saturated heterocycles. The number of carbonyl (C=O) groups excluding carboxylic acids is 1. The lowest BCUT2D eigenvalue weighted by Crippen LogP contribution is -2.16. The molecule has 7 nitrogen and oxygen atoms in total. The zero-order valence-corrected chi connectivity index (χ0v) is 19.3. The summed E-state index contributed by atoms with van der Waals surface area (Å²) >= 11 is 13.8. The van der Waals surface area contributed by atoms with Gasteiger partial charge in [-0.3, -0.25) is 14.9 Å². The van der Waals surface area contributed by atoms with Crippen LogP contribution in [0, 0.1) is 24.0 Å². The number of hydrogen-bond acceptors (Lipinski definition) is 5. The van der Waals surface area contributed by atoms with Crippen LogP contribution >= 0.6 is 34.5 Å². The maximum atomic E-state index is 12.5. The van der Waals surface area contributed by atoms with E-state index in [-0.39, 0.29) is 5.69 Å². The third-order valence-electron chi connectivity index (χ3n) is 4.95. The predicted octanol–water partition coefficient (Wildman–Crippen LogP) is 6.29. The number of hydrogen-bond donors (Lipinski definition) is 1. The molecule has 4 rings (SSSR count). The minimum atomic E-state index is -0.464. The van der Waals surface area contributed by atoms with Gasteiger partial charge in [-0.25, -0.2) is 5.43 Å². The fraction of sp³-hybridized carbons (Fsp3) is 0.0909. The zero-order chi connectivity index (χ0) is 23.0. The van der Waals surface area contributed by atoms with Crippen LogP contribution in [0.1, 0.15) is 26.6 Å². The number of aromatic nitrogens is 1. The van der Waals surface area contributed by atoms with Crippen molar-refractivity contribution < 1.29 is 9.72 Å². The number of nitrogens with one attached hydrogen (secondary N) is 1. The molecule has 162 valence electrons. The minimum absolute atomic E-state index is 0.0181. The molecule has 2 aromatic heterocycles. The lowest BCUT2D eigenvalue weighted by molar-refractivity contribution is -0.384. The van der Waals surface area contributed by atoms with Crippen molar-refractivity contribution in [1.29, 1.82) is 0 Å². The van der Waals surface area contributed by atoms with Crippen molar-refractivity contribution in [1.82, 2.24) is 9.99 Å². The summed E-state index contributed by atoms with van der Waals surface area (Å²) in [5.41, 5.74) is 5.89. The Morgan fingerprint density at radius 2 is 1.97 bits per heavy atom. The maximum Gasteiger partial charge on any atom is 0.281 e. The lowest BCUT2D eigenvalue weighted by Gasteiger charge is -2.12. The SMILES string of the molecule is Cc1cc(/C=N\NC(=O)c2cc3cc([N+](=O)[O-])ccc3s2)c(C)n1-c1cccc(Cl)c1Cl. The standard InChI is InChI=1S/C22H16Cl2N4O3S/c1-12-8-15(13(2)27(12)18-5-3-4-17(23)21(18)24)11-25-26-22(29)20-10-14-9-16(28(30)31)6-7-19(14)32-20/h3-11H,1-2H3,(H,26,29)/b25-11-. The normalized spacial score (nSPS) is 11.4. The van der Waals surface area contributed by atoms with Gasteiger partial charge in [0.25, 0.3) is 11.6 Å². The number of nitro groups is 1. The first-order valence-corrected chi connectivity index (χ1v) is 11.0. The molecule has 0 fully saturated rings. The first-order chi connectivity index (χ1) is 15.3. The number of carbonyl (C=O) groups is 1. The minimum Gasteiger partial charge on any atom is -0.316 e. The average Bonchev–Trinajstić information content (AvgIpc) is 3.30. The summed E-state index contributed by atoms with van der Waals surface area (Å²) in [6.45, 7) is 3.86. The fourth-order valence-electron chi connectivity index (χ4n) is 3.43. The van der Waals surface area contributed by atoms with Gasteiger partial charge in [-0.1, -0.05) is 29.3 Å². The number of nitro benzene ring substituents is 1. The molecule has 0 bridgehead atoms. The van der Waals surface area contributed by atoms with Crippen LogP contribution in [0.25, 0.3) is 15.8 Å². The van der Waals surface area contributed by atoms with Crippen molar-refractivity contribution in [2.24, 2.45) is 5.10 Å². The van der Waals surface area contributed by atoms with E-state index in [0.29, 0.717) is 20.3 Å². The van der Waals surface area contributed by atoms with Crippen LogP contribution < -0.4 is 5.43 Å². The topological polar surface area (TPSA) is 89.5 Å². The van der Waals surface area contributed by atoms with Crippen LogP contribution in [-0.4, -0.2) is 21.6 Å². The number of nitrogens with zero attached hydrogens (tertiary/aromatic N) is 3. The highest BCUT2D eigenvalue weighted by molar-refractivity contribution is 7.20. The molecule has 0 saturated carbocycles. The van der Waals surface area contributed by atoms with E-state index in [1.807, 2.05) is 36.6 Å². The van der Waals surface area contributed by atoms with Gasteiger partial charge in [-0.05, 0) is 44.2 Å². The first kappa shape index (κ1) is 22.0. The Morgan fingerprint density at radius 3 is 2.72 bits per heavy atom. The third-order valence-corrected chi connectivity index (χ3v) is 6.87. The highest BCUT2D eigenvalue weighted by Crippen LogP contribution is 2.31. The summed E-state index contributed by atoms with van der Waals surface area (Å²) in [4.78, 5) is 23.4. The number of halogens is 2. The Labute approximate surface area is 197 Å². The number of fused-ring (bicyclic) bond motifs is 1. The van der Waals surface area contributed by atoms with E-state index in [0.717, 1.165) is 27.3 Å². The van der Waals surface area contributed by atoms with E-state index < -0.39 is 10.8 Å². The summed E-state index contributed by atoms with van der Waals surface area (Å²) in [5.74, 6) is -0.392.